The van der Waals surface area contributed by atoms with Gasteiger partial charge < -0.3 is 9.47 Å². The smallest absolute Gasteiger partial charge is 0.137 e. The Morgan fingerprint density at radius 1 is 0.950 bits per heavy atom. The molecule has 3 heteroatoms. The lowest BCUT2D eigenvalue weighted by atomic mass is 10.2. The van der Waals surface area contributed by atoms with Crippen LogP contribution in [0.25, 0.3) is 0 Å². The number of rotatable bonds is 11. The van der Waals surface area contributed by atoms with Crippen LogP contribution in [0.2, 0.25) is 0 Å². The van der Waals surface area contributed by atoms with Gasteiger partial charge in [0.15, 0.2) is 0 Å². The van der Waals surface area contributed by atoms with Crippen LogP contribution < -0.4 is 4.74 Å². The zero-order valence-corrected chi connectivity index (χ0v) is 12.4. The number of ether oxygens (including phenoxy) is 2. The van der Waals surface area contributed by atoms with Gasteiger partial charge in [-0.15, -0.1) is 0 Å². The van der Waals surface area contributed by atoms with E-state index in [4.69, 9.17) is 14.7 Å². The monoisotopic (exact) mass is 275 g/mol. The fourth-order valence-corrected chi connectivity index (χ4v) is 1.94. The van der Waals surface area contributed by atoms with Crippen molar-refractivity contribution in [2.45, 2.75) is 45.4 Å². The molecule has 0 aliphatic heterocycles. The third-order valence-electron chi connectivity index (χ3n) is 3.09. The van der Waals surface area contributed by atoms with Gasteiger partial charge in [0.05, 0.1) is 12.2 Å². The Morgan fingerprint density at radius 3 is 2.50 bits per heavy atom. The van der Waals surface area contributed by atoms with E-state index in [1.807, 2.05) is 18.2 Å². The second-order valence-electron chi connectivity index (χ2n) is 4.84. The standard InChI is InChI=1S/C17H25NO2/c1-2-3-4-5-8-12-19-13-9-14-20-17-11-7-6-10-16(17)15-18/h6-7,10-11H,2-5,8-9,12-14H2,1H3. The number of nitriles is 1. The normalized spacial score (nSPS) is 10.2. The Labute approximate surface area is 122 Å². The van der Waals surface area contributed by atoms with E-state index in [-0.39, 0.29) is 0 Å². The van der Waals surface area contributed by atoms with Gasteiger partial charge in [-0.3, -0.25) is 0 Å². The molecule has 0 bridgehead atoms. The summed E-state index contributed by atoms with van der Waals surface area (Å²) in [7, 11) is 0. The summed E-state index contributed by atoms with van der Waals surface area (Å²) in [5, 5.41) is 8.93. The van der Waals surface area contributed by atoms with Crippen molar-refractivity contribution in [3.8, 4) is 11.8 Å². The van der Waals surface area contributed by atoms with E-state index < -0.39 is 0 Å². The quantitative estimate of drug-likeness (QED) is 0.565. The number of unbranched alkanes of at least 4 members (excludes halogenated alkanes) is 4. The zero-order chi connectivity index (χ0) is 14.5. The summed E-state index contributed by atoms with van der Waals surface area (Å²) < 4.78 is 11.1. The molecule has 1 aromatic carbocycles. The Morgan fingerprint density at radius 2 is 1.70 bits per heavy atom. The topological polar surface area (TPSA) is 42.2 Å². The maximum Gasteiger partial charge on any atom is 0.137 e. The molecule has 0 atom stereocenters. The van der Waals surface area contributed by atoms with Gasteiger partial charge in [-0.1, -0.05) is 44.7 Å². The maximum atomic E-state index is 8.93. The molecule has 0 amide bonds. The molecule has 20 heavy (non-hydrogen) atoms. The molecule has 0 aromatic heterocycles. The highest BCUT2D eigenvalue weighted by Crippen LogP contribution is 2.16. The lowest BCUT2D eigenvalue weighted by Crippen LogP contribution is -2.04. The number of hydrogen-bond acceptors (Lipinski definition) is 3. The van der Waals surface area contributed by atoms with Crippen LogP contribution in [0, 0.1) is 11.3 Å². The molecule has 0 fully saturated rings. The van der Waals surface area contributed by atoms with E-state index in [9.17, 15) is 0 Å². The molecule has 1 aromatic rings. The first-order valence-electron chi connectivity index (χ1n) is 7.58. The molecule has 0 saturated carbocycles. The van der Waals surface area contributed by atoms with Crippen LogP contribution in [0.5, 0.6) is 5.75 Å². The van der Waals surface area contributed by atoms with E-state index >= 15 is 0 Å². The molecule has 0 radical (unpaired) electrons. The molecule has 0 aliphatic rings. The van der Waals surface area contributed by atoms with Gasteiger partial charge in [0.2, 0.25) is 0 Å². The minimum absolute atomic E-state index is 0.587. The number of hydrogen-bond donors (Lipinski definition) is 0. The summed E-state index contributed by atoms with van der Waals surface area (Å²) in [6.45, 7) is 4.39. The third-order valence-corrected chi connectivity index (χ3v) is 3.09. The van der Waals surface area contributed by atoms with Gasteiger partial charge in [0, 0.05) is 19.6 Å². The van der Waals surface area contributed by atoms with Crippen molar-refractivity contribution in [1.82, 2.24) is 0 Å². The second kappa shape index (κ2) is 11.3. The van der Waals surface area contributed by atoms with Crippen LogP contribution in [0.15, 0.2) is 24.3 Å². The average Bonchev–Trinajstić information content (AvgIpc) is 2.49. The van der Waals surface area contributed by atoms with Crippen molar-refractivity contribution in [1.29, 1.82) is 5.26 Å². The van der Waals surface area contributed by atoms with Crippen molar-refractivity contribution >= 4 is 0 Å². The van der Waals surface area contributed by atoms with Crippen LogP contribution in [0.3, 0.4) is 0 Å². The highest BCUT2D eigenvalue weighted by molar-refractivity contribution is 5.42. The predicted octanol–water partition coefficient (Wildman–Crippen LogP) is 4.31. The molecule has 0 saturated heterocycles. The Bertz CT molecular complexity index is 398. The van der Waals surface area contributed by atoms with E-state index in [0.717, 1.165) is 26.1 Å². The van der Waals surface area contributed by atoms with Crippen LogP contribution in [-0.2, 0) is 4.74 Å². The van der Waals surface area contributed by atoms with Crippen LogP contribution in [-0.4, -0.2) is 19.8 Å². The summed E-state index contributed by atoms with van der Waals surface area (Å²) in [6, 6.07) is 9.44. The van der Waals surface area contributed by atoms with Crippen molar-refractivity contribution in [2.24, 2.45) is 0 Å². The second-order valence-corrected chi connectivity index (χ2v) is 4.84. The van der Waals surface area contributed by atoms with Gasteiger partial charge in [-0.05, 0) is 18.6 Å². The lowest BCUT2D eigenvalue weighted by molar-refractivity contribution is 0.115. The highest BCUT2D eigenvalue weighted by Gasteiger charge is 2.00. The van der Waals surface area contributed by atoms with Gasteiger partial charge in [0.1, 0.15) is 11.8 Å². The molecule has 1 rings (SSSR count). The van der Waals surface area contributed by atoms with Crippen LogP contribution in [0.4, 0.5) is 0 Å². The summed E-state index contributed by atoms with van der Waals surface area (Å²) in [4.78, 5) is 0. The number of para-hydroxylation sites is 1. The number of benzene rings is 1. The van der Waals surface area contributed by atoms with Gasteiger partial charge in [-0.25, -0.2) is 0 Å². The molecule has 0 spiro atoms. The molecule has 3 nitrogen and oxygen atoms in total. The largest absolute Gasteiger partial charge is 0.492 e. The summed E-state index contributed by atoms with van der Waals surface area (Å²) in [5.74, 6) is 0.662. The Hall–Kier alpha value is -1.53. The highest BCUT2D eigenvalue weighted by atomic mass is 16.5. The lowest BCUT2D eigenvalue weighted by Gasteiger charge is -2.08. The fraction of sp³-hybridized carbons (Fsp3) is 0.588. The average molecular weight is 275 g/mol. The van der Waals surface area contributed by atoms with Gasteiger partial charge in [-0.2, -0.15) is 5.26 Å². The summed E-state index contributed by atoms with van der Waals surface area (Å²) >= 11 is 0. The predicted molar refractivity (Wildman–Crippen MR) is 80.8 cm³/mol. The van der Waals surface area contributed by atoms with Crippen molar-refractivity contribution < 1.29 is 9.47 Å². The first-order chi connectivity index (χ1) is 9.88. The van der Waals surface area contributed by atoms with Gasteiger partial charge in [0.25, 0.3) is 0 Å². The van der Waals surface area contributed by atoms with Gasteiger partial charge >= 0.3 is 0 Å². The third kappa shape index (κ3) is 7.16. The number of nitrogens with zero attached hydrogens (tertiary/aromatic N) is 1. The van der Waals surface area contributed by atoms with E-state index in [1.54, 1.807) is 6.07 Å². The van der Waals surface area contributed by atoms with Crippen molar-refractivity contribution in [2.75, 3.05) is 19.8 Å². The maximum absolute atomic E-state index is 8.93. The summed E-state index contributed by atoms with van der Waals surface area (Å²) in [5.41, 5.74) is 0.587. The zero-order valence-electron chi connectivity index (χ0n) is 12.4. The fourth-order valence-electron chi connectivity index (χ4n) is 1.94. The molecule has 0 N–H and O–H groups in total. The van der Waals surface area contributed by atoms with E-state index in [1.165, 1.54) is 25.7 Å². The Balaban J connectivity index is 1.98. The van der Waals surface area contributed by atoms with Crippen LogP contribution in [0.1, 0.15) is 51.0 Å². The minimum Gasteiger partial charge on any atom is -0.492 e. The molecular weight excluding hydrogens is 250 g/mol. The van der Waals surface area contributed by atoms with E-state index in [0.29, 0.717) is 17.9 Å². The first kappa shape index (κ1) is 16.5. The van der Waals surface area contributed by atoms with Crippen molar-refractivity contribution in [3.63, 3.8) is 0 Å². The Kier molecular flexibility index (Phi) is 9.34. The molecule has 110 valence electrons. The minimum atomic E-state index is 0.587. The van der Waals surface area contributed by atoms with Crippen molar-refractivity contribution in [3.05, 3.63) is 29.8 Å². The molecule has 0 heterocycles. The molecule has 0 aliphatic carbocycles. The van der Waals surface area contributed by atoms with E-state index in [2.05, 4.69) is 13.0 Å². The first-order valence-corrected chi connectivity index (χ1v) is 7.58. The SMILES string of the molecule is CCCCCCCOCCCOc1ccccc1C#N. The molecule has 0 unspecified atom stereocenters. The summed E-state index contributed by atoms with van der Waals surface area (Å²) in [6.07, 6.45) is 7.19. The molecular formula is C17H25NO2. The van der Waals surface area contributed by atoms with Crippen LogP contribution >= 0.6 is 0 Å².